The first-order valence-corrected chi connectivity index (χ1v) is 9.11. The summed E-state index contributed by atoms with van der Waals surface area (Å²) in [7, 11) is 0. The third-order valence-corrected chi connectivity index (χ3v) is 4.71. The first kappa shape index (κ1) is 19.5. The van der Waals surface area contributed by atoms with Crippen LogP contribution in [0.2, 0.25) is 0 Å². The number of halogens is 3. The van der Waals surface area contributed by atoms with Crippen LogP contribution in [0.15, 0.2) is 61.1 Å². The Hall–Kier alpha value is -3.86. The van der Waals surface area contributed by atoms with Gasteiger partial charge in [-0.2, -0.15) is 13.2 Å². The van der Waals surface area contributed by atoms with E-state index in [1.165, 1.54) is 18.3 Å². The normalized spacial score (nSPS) is 11.4. The molecule has 0 bridgehead atoms. The number of pyridine rings is 2. The van der Waals surface area contributed by atoms with Gasteiger partial charge in [-0.25, -0.2) is 9.83 Å². The highest BCUT2D eigenvalue weighted by Gasteiger charge is 2.29. The number of H-pyrrole nitrogens is 1. The molecule has 30 heavy (non-hydrogen) atoms. The molecule has 0 amide bonds. The lowest BCUT2D eigenvalue weighted by Crippen LogP contribution is -2.06. The highest BCUT2D eigenvalue weighted by molar-refractivity contribution is 5.83. The van der Waals surface area contributed by atoms with Crippen LogP contribution in [0.5, 0.6) is 0 Å². The highest BCUT2D eigenvalue weighted by atomic mass is 19.4. The maximum atomic E-state index is 12.6. The lowest BCUT2D eigenvalue weighted by molar-refractivity contribution is -0.137. The van der Waals surface area contributed by atoms with Gasteiger partial charge in [0.1, 0.15) is 11.5 Å². The number of aromatic nitrogens is 3. The van der Waals surface area contributed by atoms with Gasteiger partial charge < -0.3 is 10.3 Å². The van der Waals surface area contributed by atoms with E-state index in [9.17, 15) is 13.2 Å². The summed E-state index contributed by atoms with van der Waals surface area (Å²) in [4.78, 5) is 15.1. The number of anilines is 1. The summed E-state index contributed by atoms with van der Waals surface area (Å²) in [5, 5.41) is 4.02. The van der Waals surface area contributed by atoms with Crippen molar-refractivity contribution in [1.29, 1.82) is 0 Å². The molecule has 0 saturated carbocycles. The van der Waals surface area contributed by atoms with Crippen molar-refractivity contribution in [3.8, 4) is 0 Å². The fourth-order valence-corrected chi connectivity index (χ4v) is 3.11. The minimum Gasteiger partial charge on any atom is -0.366 e. The summed E-state index contributed by atoms with van der Waals surface area (Å²) in [6.45, 7) is 7.51. The van der Waals surface area contributed by atoms with Crippen molar-refractivity contribution in [2.45, 2.75) is 19.1 Å². The topological polar surface area (TPSA) is 58.0 Å². The van der Waals surface area contributed by atoms with Gasteiger partial charge in [0.2, 0.25) is 5.69 Å². The molecule has 0 aliphatic rings. The zero-order valence-electron chi connectivity index (χ0n) is 15.7. The lowest BCUT2D eigenvalue weighted by atomic mass is 10.1. The standard InChI is InChI=1S/C22H16F3N5/c1-26-18-9-19-16(12-29-21(19)30-13-18)8-15-4-7-20(28-11-15)27-10-14-2-5-17(6-3-14)22(23,24)25/h2-7,9,11-13H,8,10H2,(H,27,28)(H,29,30). The van der Waals surface area contributed by atoms with Gasteiger partial charge in [0.05, 0.1) is 12.1 Å². The summed E-state index contributed by atoms with van der Waals surface area (Å²) < 4.78 is 37.9. The maximum absolute atomic E-state index is 12.6. The number of benzene rings is 1. The lowest BCUT2D eigenvalue weighted by Gasteiger charge is -2.09. The van der Waals surface area contributed by atoms with Gasteiger partial charge in [0, 0.05) is 36.9 Å². The average Bonchev–Trinajstić information content (AvgIpc) is 3.15. The van der Waals surface area contributed by atoms with Crippen LogP contribution in [0.1, 0.15) is 22.3 Å². The van der Waals surface area contributed by atoms with E-state index in [4.69, 9.17) is 6.57 Å². The van der Waals surface area contributed by atoms with Gasteiger partial charge in [-0.3, -0.25) is 4.98 Å². The summed E-state index contributed by atoms with van der Waals surface area (Å²) >= 11 is 0. The molecule has 0 spiro atoms. The molecule has 0 atom stereocenters. The molecule has 0 aliphatic heterocycles. The van der Waals surface area contributed by atoms with Gasteiger partial charge >= 0.3 is 6.18 Å². The molecule has 4 aromatic rings. The van der Waals surface area contributed by atoms with Gasteiger partial charge in [-0.1, -0.05) is 18.2 Å². The van der Waals surface area contributed by atoms with Crippen molar-refractivity contribution in [3.63, 3.8) is 0 Å². The summed E-state index contributed by atoms with van der Waals surface area (Å²) in [5.74, 6) is 0.634. The number of rotatable bonds is 5. The van der Waals surface area contributed by atoms with Crippen LogP contribution < -0.4 is 5.32 Å². The number of hydrogen-bond donors (Lipinski definition) is 2. The molecule has 3 heterocycles. The van der Waals surface area contributed by atoms with Crippen molar-refractivity contribution in [3.05, 3.63) is 94.7 Å². The predicted molar refractivity (Wildman–Crippen MR) is 108 cm³/mol. The van der Waals surface area contributed by atoms with Crippen LogP contribution in [0.4, 0.5) is 24.7 Å². The molecule has 0 radical (unpaired) electrons. The number of aromatic amines is 1. The number of nitrogens with one attached hydrogen (secondary N) is 2. The van der Waals surface area contributed by atoms with Crippen LogP contribution >= 0.6 is 0 Å². The SMILES string of the molecule is [C-]#[N+]c1cnc2[nH]cc(Cc3ccc(NCc4ccc(C(F)(F)F)cc4)nc3)c2c1. The van der Waals surface area contributed by atoms with Crippen LogP contribution in [-0.2, 0) is 19.1 Å². The second-order valence-electron chi connectivity index (χ2n) is 6.79. The van der Waals surface area contributed by atoms with Crippen molar-refractivity contribution < 1.29 is 13.2 Å². The minimum absolute atomic E-state index is 0.373. The summed E-state index contributed by atoms with van der Waals surface area (Å²) in [6.07, 6.45) is 1.47. The largest absolute Gasteiger partial charge is 0.416 e. The molecule has 1 aromatic carbocycles. The fraction of sp³-hybridized carbons (Fsp3) is 0.136. The van der Waals surface area contributed by atoms with E-state index in [0.29, 0.717) is 24.5 Å². The van der Waals surface area contributed by atoms with Crippen molar-refractivity contribution >= 4 is 22.5 Å². The van der Waals surface area contributed by atoms with Crippen LogP contribution in [0.3, 0.4) is 0 Å². The molecule has 0 unspecified atom stereocenters. The minimum atomic E-state index is -4.33. The predicted octanol–water partition coefficient (Wildman–Crippen LogP) is 5.73. The van der Waals surface area contributed by atoms with E-state index in [-0.39, 0.29) is 0 Å². The Morgan fingerprint density at radius 2 is 1.77 bits per heavy atom. The van der Waals surface area contributed by atoms with E-state index in [2.05, 4.69) is 25.1 Å². The Kier molecular flexibility index (Phi) is 5.11. The van der Waals surface area contributed by atoms with Crippen LogP contribution in [-0.4, -0.2) is 15.0 Å². The fourth-order valence-electron chi connectivity index (χ4n) is 3.11. The Labute approximate surface area is 170 Å². The molecule has 2 N–H and O–H groups in total. The molecule has 0 saturated heterocycles. The van der Waals surface area contributed by atoms with Gasteiger partial charge in [0.25, 0.3) is 0 Å². The van der Waals surface area contributed by atoms with Gasteiger partial charge in [0.15, 0.2) is 0 Å². The van der Waals surface area contributed by atoms with E-state index < -0.39 is 11.7 Å². The third-order valence-electron chi connectivity index (χ3n) is 4.71. The second kappa shape index (κ2) is 7.87. The molecule has 0 aliphatic carbocycles. The first-order chi connectivity index (χ1) is 14.4. The van der Waals surface area contributed by atoms with E-state index in [1.54, 1.807) is 6.20 Å². The second-order valence-corrected chi connectivity index (χ2v) is 6.79. The maximum Gasteiger partial charge on any atom is 0.416 e. The molecule has 3 aromatic heterocycles. The third kappa shape index (κ3) is 4.25. The smallest absolute Gasteiger partial charge is 0.366 e. The highest BCUT2D eigenvalue weighted by Crippen LogP contribution is 2.29. The van der Waals surface area contributed by atoms with E-state index >= 15 is 0 Å². The molecular formula is C22H16F3N5. The molecule has 5 nitrogen and oxygen atoms in total. The first-order valence-electron chi connectivity index (χ1n) is 9.11. The number of alkyl halides is 3. The molecule has 150 valence electrons. The Morgan fingerprint density at radius 3 is 2.43 bits per heavy atom. The number of hydrogen-bond acceptors (Lipinski definition) is 3. The number of fused-ring (bicyclic) bond motifs is 1. The van der Waals surface area contributed by atoms with Crippen molar-refractivity contribution in [1.82, 2.24) is 15.0 Å². The number of nitrogens with zero attached hydrogens (tertiary/aromatic N) is 3. The Bertz CT molecular complexity index is 1200. The van der Waals surface area contributed by atoms with Crippen LogP contribution in [0, 0.1) is 6.57 Å². The van der Waals surface area contributed by atoms with E-state index in [0.717, 1.165) is 39.9 Å². The monoisotopic (exact) mass is 407 g/mol. The summed E-state index contributed by atoms with van der Waals surface area (Å²) in [6, 6.07) is 10.6. The molecule has 4 rings (SSSR count). The molecular weight excluding hydrogens is 391 g/mol. The zero-order valence-corrected chi connectivity index (χ0v) is 15.7. The van der Waals surface area contributed by atoms with Crippen molar-refractivity contribution in [2.24, 2.45) is 0 Å². The zero-order chi connectivity index (χ0) is 21.1. The van der Waals surface area contributed by atoms with Gasteiger partial charge in [-0.15, -0.1) is 0 Å². The quantitative estimate of drug-likeness (QED) is 0.416. The average molecular weight is 407 g/mol. The Balaban J connectivity index is 1.40. The van der Waals surface area contributed by atoms with E-state index in [1.807, 2.05) is 24.4 Å². The van der Waals surface area contributed by atoms with Gasteiger partial charge in [-0.05, 0) is 41.0 Å². The Morgan fingerprint density at radius 1 is 1.00 bits per heavy atom. The van der Waals surface area contributed by atoms with Crippen molar-refractivity contribution in [2.75, 3.05) is 5.32 Å². The molecule has 8 heteroatoms. The summed E-state index contributed by atoms with van der Waals surface area (Å²) in [5.41, 5.74) is 3.31. The van der Waals surface area contributed by atoms with Crippen LogP contribution in [0.25, 0.3) is 15.9 Å². The molecule has 0 fully saturated rings.